The maximum absolute atomic E-state index is 11.6. The van der Waals surface area contributed by atoms with Crippen molar-refractivity contribution in [3.8, 4) is 0 Å². The zero-order chi connectivity index (χ0) is 10.5. The van der Waals surface area contributed by atoms with Gasteiger partial charge in [-0.1, -0.05) is 0 Å². The molecule has 0 aromatic rings. The number of aliphatic hydroxyl groups excluding tert-OH is 1. The molecule has 0 spiro atoms. The SMILES string of the molecule is CC(C)(C)C(=O)O[C@@H]1C[C@@H](O)[C@H]2C[C@H]21. The summed E-state index contributed by atoms with van der Waals surface area (Å²) in [6, 6.07) is 0. The number of hydrogen-bond acceptors (Lipinski definition) is 3. The van der Waals surface area contributed by atoms with Gasteiger partial charge in [-0.25, -0.2) is 0 Å². The zero-order valence-electron chi connectivity index (χ0n) is 8.99. The molecule has 3 nitrogen and oxygen atoms in total. The van der Waals surface area contributed by atoms with Gasteiger partial charge in [-0.15, -0.1) is 0 Å². The van der Waals surface area contributed by atoms with Crippen LogP contribution in [0.5, 0.6) is 0 Å². The molecule has 0 unspecified atom stereocenters. The molecular weight excluding hydrogens is 180 g/mol. The van der Waals surface area contributed by atoms with Crippen molar-refractivity contribution in [1.82, 2.24) is 0 Å². The molecule has 0 bridgehead atoms. The highest BCUT2D eigenvalue weighted by Gasteiger charge is 2.55. The van der Waals surface area contributed by atoms with Gasteiger partial charge in [0.25, 0.3) is 0 Å². The molecule has 0 aromatic heterocycles. The fourth-order valence-electron chi connectivity index (χ4n) is 2.14. The normalized spacial score (nSPS) is 40.6. The second-order valence-corrected chi connectivity index (χ2v) is 5.56. The Morgan fingerprint density at radius 2 is 1.93 bits per heavy atom. The Kier molecular flexibility index (Phi) is 2.11. The summed E-state index contributed by atoms with van der Waals surface area (Å²) >= 11 is 0. The number of ether oxygens (including phenoxy) is 1. The molecule has 2 fully saturated rings. The Morgan fingerprint density at radius 1 is 1.29 bits per heavy atom. The van der Waals surface area contributed by atoms with Crippen LogP contribution in [0.4, 0.5) is 0 Å². The van der Waals surface area contributed by atoms with Gasteiger partial charge in [0, 0.05) is 12.3 Å². The maximum Gasteiger partial charge on any atom is 0.311 e. The lowest BCUT2D eigenvalue weighted by Crippen LogP contribution is -2.29. The van der Waals surface area contributed by atoms with Crippen molar-refractivity contribution in [2.45, 2.75) is 45.8 Å². The summed E-state index contributed by atoms with van der Waals surface area (Å²) in [5.41, 5.74) is -0.433. The highest BCUT2D eigenvalue weighted by atomic mass is 16.5. The zero-order valence-corrected chi connectivity index (χ0v) is 8.99. The smallest absolute Gasteiger partial charge is 0.311 e. The number of hydrogen-bond donors (Lipinski definition) is 1. The summed E-state index contributed by atoms with van der Waals surface area (Å²) in [5, 5.41) is 9.53. The number of rotatable bonds is 1. The van der Waals surface area contributed by atoms with E-state index in [1.165, 1.54) is 0 Å². The Bertz CT molecular complexity index is 254. The first-order valence-electron chi connectivity index (χ1n) is 5.29. The van der Waals surface area contributed by atoms with Crippen molar-refractivity contribution in [2.75, 3.05) is 0 Å². The summed E-state index contributed by atoms with van der Waals surface area (Å²) in [6.45, 7) is 5.56. The van der Waals surface area contributed by atoms with Crippen LogP contribution in [0.1, 0.15) is 33.6 Å². The summed E-state index contributed by atoms with van der Waals surface area (Å²) in [5.74, 6) is 0.700. The monoisotopic (exact) mass is 198 g/mol. The first-order chi connectivity index (χ1) is 6.39. The fourth-order valence-corrected chi connectivity index (χ4v) is 2.14. The lowest BCUT2D eigenvalue weighted by atomic mass is 9.97. The number of carbonyl (C=O) groups is 1. The third kappa shape index (κ3) is 1.65. The van der Waals surface area contributed by atoms with Crippen LogP contribution in [0.2, 0.25) is 0 Å². The van der Waals surface area contributed by atoms with Gasteiger partial charge < -0.3 is 9.84 Å². The molecule has 1 N–H and O–H groups in total. The van der Waals surface area contributed by atoms with Crippen molar-refractivity contribution in [3.05, 3.63) is 0 Å². The minimum atomic E-state index is -0.433. The van der Waals surface area contributed by atoms with Crippen molar-refractivity contribution in [1.29, 1.82) is 0 Å². The van der Waals surface area contributed by atoms with E-state index in [9.17, 15) is 9.90 Å². The first-order valence-corrected chi connectivity index (χ1v) is 5.29. The van der Waals surface area contributed by atoms with Gasteiger partial charge in [-0.3, -0.25) is 4.79 Å². The molecule has 0 aliphatic heterocycles. The molecule has 0 aromatic carbocycles. The third-order valence-electron chi connectivity index (χ3n) is 3.21. The molecule has 4 atom stereocenters. The maximum atomic E-state index is 11.6. The van der Waals surface area contributed by atoms with Gasteiger partial charge >= 0.3 is 5.97 Å². The molecule has 0 radical (unpaired) electrons. The van der Waals surface area contributed by atoms with Crippen molar-refractivity contribution < 1.29 is 14.6 Å². The van der Waals surface area contributed by atoms with Gasteiger partial charge in [0.1, 0.15) is 6.10 Å². The number of carbonyl (C=O) groups excluding carboxylic acids is 1. The van der Waals surface area contributed by atoms with Gasteiger partial charge in [-0.2, -0.15) is 0 Å². The fraction of sp³-hybridized carbons (Fsp3) is 0.909. The molecule has 3 heteroatoms. The van der Waals surface area contributed by atoms with Gasteiger partial charge in [-0.05, 0) is 33.1 Å². The quantitative estimate of drug-likeness (QED) is 0.647. The minimum absolute atomic E-state index is 0.0262. The molecule has 0 saturated heterocycles. The summed E-state index contributed by atoms with van der Waals surface area (Å²) in [7, 11) is 0. The first kappa shape index (κ1) is 9.97. The van der Waals surface area contributed by atoms with Crippen LogP contribution in [0.15, 0.2) is 0 Å². The van der Waals surface area contributed by atoms with Crippen molar-refractivity contribution >= 4 is 5.97 Å². The van der Waals surface area contributed by atoms with Crippen LogP contribution in [-0.2, 0) is 9.53 Å². The van der Waals surface area contributed by atoms with E-state index in [2.05, 4.69) is 0 Å². The van der Waals surface area contributed by atoms with Crippen LogP contribution in [0.25, 0.3) is 0 Å². The summed E-state index contributed by atoms with van der Waals surface area (Å²) in [6.07, 6.45) is 1.40. The van der Waals surface area contributed by atoms with Crippen LogP contribution in [0, 0.1) is 17.3 Å². The van der Waals surface area contributed by atoms with E-state index in [0.29, 0.717) is 18.3 Å². The van der Waals surface area contributed by atoms with Crippen LogP contribution in [0.3, 0.4) is 0 Å². The molecule has 14 heavy (non-hydrogen) atoms. The number of aliphatic hydroxyl groups is 1. The number of esters is 1. The Hall–Kier alpha value is -0.570. The third-order valence-corrected chi connectivity index (χ3v) is 3.21. The lowest BCUT2D eigenvalue weighted by Gasteiger charge is -2.21. The lowest BCUT2D eigenvalue weighted by molar-refractivity contribution is -0.159. The highest BCUT2D eigenvalue weighted by molar-refractivity contribution is 5.75. The predicted octanol–water partition coefficient (Wildman–Crippen LogP) is 1.34. The van der Waals surface area contributed by atoms with E-state index in [4.69, 9.17) is 4.74 Å². The molecule has 0 amide bonds. The van der Waals surface area contributed by atoms with E-state index in [0.717, 1.165) is 6.42 Å². The molecule has 2 rings (SSSR count). The largest absolute Gasteiger partial charge is 0.462 e. The Labute approximate surface area is 84.4 Å². The second-order valence-electron chi connectivity index (χ2n) is 5.56. The highest BCUT2D eigenvalue weighted by Crippen LogP contribution is 2.53. The van der Waals surface area contributed by atoms with E-state index in [1.54, 1.807) is 0 Å². The molecule has 2 aliphatic carbocycles. The summed E-state index contributed by atoms with van der Waals surface area (Å²) in [4.78, 5) is 11.6. The standard InChI is InChI=1S/C11H18O3/c1-11(2,3)10(13)14-9-5-8(12)6-4-7(6)9/h6-9,12H,4-5H2,1-3H3/t6-,7+,8+,9+/m0/s1. The molecule has 2 aliphatic rings. The van der Waals surface area contributed by atoms with E-state index >= 15 is 0 Å². The molecule has 2 saturated carbocycles. The average molecular weight is 198 g/mol. The number of fused-ring (bicyclic) bond motifs is 1. The Balaban J connectivity index is 1.90. The van der Waals surface area contributed by atoms with Crippen LogP contribution >= 0.6 is 0 Å². The van der Waals surface area contributed by atoms with Crippen LogP contribution < -0.4 is 0 Å². The van der Waals surface area contributed by atoms with Crippen molar-refractivity contribution in [3.63, 3.8) is 0 Å². The van der Waals surface area contributed by atoms with Gasteiger partial charge in [0.05, 0.1) is 11.5 Å². The van der Waals surface area contributed by atoms with Gasteiger partial charge in [0.15, 0.2) is 0 Å². The van der Waals surface area contributed by atoms with E-state index < -0.39 is 5.41 Å². The second kappa shape index (κ2) is 2.96. The molecule has 0 heterocycles. The van der Waals surface area contributed by atoms with Crippen molar-refractivity contribution in [2.24, 2.45) is 17.3 Å². The topological polar surface area (TPSA) is 46.5 Å². The summed E-state index contributed by atoms with van der Waals surface area (Å²) < 4.78 is 5.40. The predicted molar refractivity (Wildman–Crippen MR) is 51.6 cm³/mol. The molecule has 80 valence electrons. The average Bonchev–Trinajstić information content (AvgIpc) is 2.74. The van der Waals surface area contributed by atoms with E-state index in [-0.39, 0.29) is 18.2 Å². The van der Waals surface area contributed by atoms with E-state index in [1.807, 2.05) is 20.8 Å². The van der Waals surface area contributed by atoms with Gasteiger partial charge in [0.2, 0.25) is 0 Å². The van der Waals surface area contributed by atoms with Crippen LogP contribution in [-0.4, -0.2) is 23.3 Å². The minimum Gasteiger partial charge on any atom is -0.462 e. The molecular formula is C11H18O3. The Morgan fingerprint density at radius 3 is 2.29 bits per heavy atom.